The lowest BCUT2D eigenvalue weighted by Gasteiger charge is -2.14. The topological polar surface area (TPSA) is 78.8 Å². The minimum absolute atomic E-state index is 0.166. The predicted molar refractivity (Wildman–Crippen MR) is 54.5 cm³/mol. The lowest BCUT2D eigenvalue weighted by molar-refractivity contribution is -0.133. The van der Waals surface area contributed by atoms with Gasteiger partial charge in [-0.05, 0) is 6.54 Å². The molecule has 0 aromatic carbocycles. The molecule has 0 radical (unpaired) electrons. The Morgan fingerprint density at radius 2 is 2.00 bits per heavy atom. The van der Waals surface area contributed by atoms with Crippen molar-refractivity contribution >= 4 is 5.78 Å². The number of ketones is 1. The lowest BCUT2D eigenvalue weighted by atomic mass is 10.0. The molecule has 0 amide bonds. The van der Waals surface area contributed by atoms with Crippen LogP contribution in [-0.2, 0) is 9.53 Å². The molecule has 5 nitrogen and oxygen atoms in total. The maximum absolute atomic E-state index is 11.4. The molecule has 0 bridgehead atoms. The van der Waals surface area contributed by atoms with Crippen LogP contribution < -0.4 is 5.32 Å². The standard InChI is InChI=1S/C10H19NO4/c1-3-6(12)10-9(14)8(13)7(15-10)5-11-4-2/h7-11,13-14H,3-5H2,1-2H3/t7-,8?,9?,10?/m1/s1. The number of likely N-dealkylation sites (N-methyl/N-ethyl adjacent to an activating group) is 1. The van der Waals surface area contributed by atoms with Gasteiger partial charge in [-0.2, -0.15) is 0 Å². The number of carbonyl (C=O) groups excluding carboxylic acids is 1. The van der Waals surface area contributed by atoms with Crippen LogP contribution in [0.4, 0.5) is 0 Å². The van der Waals surface area contributed by atoms with Gasteiger partial charge in [-0.25, -0.2) is 0 Å². The van der Waals surface area contributed by atoms with Crippen LogP contribution in [0.1, 0.15) is 20.3 Å². The van der Waals surface area contributed by atoms with E-state index in [1.54, 1.807) is 6.92 Å². The SMILES string of the molecule is CCNC[C@H]1OC(C(=O)CC)C(O)C1O. The van der Waals surface area contributed by atoms with Crippen molar-refractivity contribution in [1.82, 2.24) is 5.32 Å². The van der Waals surface area contributed by atoms with Gasteiger partial charge in [0.05, 0.1) is 6.10 Å². The molecule has 0 aliphatic carbocycles. The number of aliphatic hydroxyl groups is 2. The fourth-order valence-corrected chi connectivity index (χ4v) is 1.67. The summed E-state index contributed by atoms with van der Waals surface area (Å²) in [7, 11) is 0. The highest BCUT2D eigenvalue weighted by Gasteiger charge is 2.44. The Morgan fingerprint density at radius 1 is 1.33 bits per heavy atom. The van der Waals surface area contributed by atoms with E-state index >= 15 is 0 Å². The molecule has 1 fully saturated rings. The first-order valence-electron chi connectivity index (χ1n) is 5.36. The molecule has 1 rings (SSSR count). The van der Waals surface area contributed by atoms with Crippen LogP contribution in [0.2, 0.25) is 0 Å². The zero-order chi connectivity index (χ0) is 11.4. The van der Waals surface area contributed by atoms with E-state index in [0.717, 1.165) is 6.54 Å². The number of hydrogen-bond donors (Lipinski definition) is 3. The molecule has 1 aliphatic heterocycles. The van der Waals surface area contributed by atoms with Gasteiger partial charge in [-0.3, -0.25) is 4.79 Å². The summed E-state index contributed by atoms with van der Waals surface area (Å²) in [6.45, 7) is 4.85. The van der Waals surface area contributed by atoms with Gasteiger partial charge in [0, 0.05) is 13.0 Å². The molecule has 5 heteroatoms. The van der Waals surface area contributed by atoms with E-state index < -0.39 is 24.4 Å². The molecule has 15 heavy (non-hydrogen) atoms. The first-order chi connectivity index (χ1) is 7.11. The summed E-state index contributed by atoms with van der Waals surface area (Å²) < 4.78 is 5.33. The highest BCUT2D eigenvalue weighted by molar-refractivity contribution is 5.83. The van der Waals surface area contributed by atoms with Crippen LogP contribution >= 0.6 is 0 Å². The molecule has 1 heterocycles. The fourth-order valence-electron chi connectivity index (χ4n) is 1.67. The third-order valence-electron chi connectivity index (χ3n) is 2.62. The van der Waals surface area contributed by atoms with Crippen molar-refractivity contribution in [2.45, 2.75) is 44.7 Å². The molecular weight excluding hydrogens is 198 g/mol. The number of hydrogen-bond acceptors (Lipinski definition) is 5. The number of rotatable bonds is 5. The van der Waals surface area contributed by atoms with Gasteiger partial charge in [-0.1, -0.05) is 13.8 Å². The summed E-state index contributed by atoms with van der Waals surface area (Å²) >= 11 is 0. The minimum Gasteiger partial charge on any atom is -0.388 e. The monoisotopic (exact) mass is 217 g/mol. The van der Waals surface area contributed by atoms with Gasteiger partial charge in [0.15, 0.2) is 5.78 Å². The van der Waals surface area contributed by atoms with Crippen molar-refractivity contribution in [3.05, 3.63) is 0 Å². The largest absolute Gasteiger partial charge is 0.388 e. The van der Waals surface area contributed by atoms with Crippen molar-refractivity contribution in [2.24, 2.45) is 0 Å². The molecule has 1 saturated heterocycles. The van der Waals surface area contributed by atoms with Crippen LogP contribution in [0.3, 0.4) is 0 Å². The molecule has 3 unspecified atom stereocenters. The van der Waals surface area contributed by atoms with Crippen molar-refractivity contribution < 1.29 is 19.7 Å². The smallest absolute Gasteiger partial charge is 0.164 e. The molecule has 0 saturated carbocycles. The second-order valence-electron chi connectivity index (χ2n) is 3.70. The summed E-state index contributed by atoms with van der Waals surface area (Å²) in [5.74, 6) is -0.166. The number of nitrogens with one attached hydrogen (secondary N) is 1. The van der Waals surface area contributed by atoms with Crippen molar-refractivity contribution in [3.8, 4) is 0 Å². The second-order valence-corrected chi connectivity index (χ2v) is 3.70. The maximum Gasteiger partial charge on any atom is 0.164 e. The van der Waals surface area contributed by atoms with E-state index in [0.29, 0.717) is 13.0 Å². The average molecular weight is 217 g/mol. The van der Waals surface area contributed by atoms with Crippen LogP contribution in [-0.4, -0.2) is 53.5 Å². The zero-order valence-electron chi connectivity index (χ0n) is 9.14. The molecule has 0 aromatic rings. The van der Waals surface area contributed by atoms with E-state index in [4.69, 9.17) is 4.74 Å². The number of aliphatic hydroxyl groups excluding tert-OH is 2. The summed E-state index contributed by atoms with van der Waals surface area (Å²) in [6.07, 6.45) is -3.14. The second kappa shape index (κ2) is 5.55. The quantitative estimate of drug-likeness (QED) is 0.554. The molecule has 3 N–H and O–H groups in total. The van der Waals surface area contributed by atoms with E-state index in [1.807, 2.05) is 6.92 Å². The van der Waals surface area contributed by atoms with Crippen LogP contribution in [0.5, 0.6) is 0 Å². The molecule has 0 spiro atoms. The normalized spacial score (nSPS) is 35.7. The Morgan fingerprint density at radius 3 is 2.53 bits per heavy atom. The van der Waals surface area contributed by atoms with Crippen LogP contribution in [0, 0.1) is 0 Å². The van der Waals surface area contributed by atoms with Crippen molar-refractivity contribution in [1.29, 1.82) is 0 Å². The van der Waals surface area contributed by atoms with E-state index in [1.165, 1.54) is 0 Å². The maximum atomic E-state index is 11.4. The average Bonchev–Trinajstić information content (AvgIpc) is 2.53. The summed E-state index contributed by atoms with van der Waals surface area (Å²) in [5, 5.41) is 22.2. The van der Waals surface area contributed by atoms with Gasteiger partial charge in [0.25, 0.3) is 0 Å². The zero-order valence-corrected chi connectivity index (χ0v) is 9.14. The van der Waals surface area contributed by atoms with Gasteiger partial charge < -0.3 is 20.3 Å². The van der Waals surface area contributed by atoms with E-state index in [9.17, 15) is 15.0 Å². The van der Waals surface area contributed by atoms with Crippen LogP contribution in [0.25, 0.3) is 0 Å². The summed E-state index contributed by atoms with van der Waals surface area (Å²) in [5.41, 5.74) is 0. The minimum atomic E-state index is -1.10. The van der Waals surface area contributed by atoms with Gasteiger partial charge in [0.1, 0.15) is 18.3 Å². The lowest BCUT2D eigenvalue weighted by Crippen LogP contribution is -2.38. The van der Waals surface area contributed by atoms with Crippen molar-refractivity contribution in [2.75, 3.05) is 13.1 Å². The summed E-state index contributed by atoms with van der Waals surface area (Å²) in [4.78, 5) is 11.4. The van der Waals surface area contributed by atoms with Gasteiger partial charge in [0.2, 0.25) is 0 Å². The fraction of sp³-hybridized carbons (Fsp3) is 0.900. The van der Waals surface area contributed by atoms with E-state index in [2.05, 4.69) is 5.32 Å². The number of Topliss-reactive ketones (excluding diaryl/α,β-unsaturated/α-hetero) is 1. The van der Waals surface area contributed by atoms with Gasteiger partial charge in [-0.15, -0.1) is 0 Å². The first-order valence-corrected chi connectivity index (χ1v) is 5.36. The molecular formula is C10H19NO4. The molecule has 4 atom stereocenters. The third-order valence-corrected chi connectivity index (χ3v) is 2.62. The predicted octanol–water partition coefficient (Wildman–Crippen LogP) is -0.936. The highest BCUT2D eigenvalue weighted by Crippen LogP contribution is 2.22. The van der Waals surface area contributed by atoms with Crippen LogP contribution in [0.15, 0.2) is 0 Å². The van der Waals surface area contributed by atoms with E-state index in [-0.39, 0.29) is 5.78 Å². The highest BCUT2D eigenvalue weighted by atomic mass is 16.5. The molecule has 1 aliphatic rings. The molecule has 0 aromatic heterocycles. The first kappa shape index (κ1) is 12.6. The Balaban J connectivity index is 2.55. The number of carbonyl (C=O) groups is 1. The summed E-state index contributed by atoms with van der Waals surface area (Å²) in [6, 6.07) is 0. The third kappa shape index (κ3) is 2.75. The Labute approximate surface area is 89.4 Å². The Bertz CT molecular complexity index is 221. The Kier molecular flexibility index (Phi) is 4.66. The Hall–Kier alpha value is -0.490. The molecule has 88 valence electrons. The van der Waals surface area contributed by atoms with Crippen molar-refractivity contribution in [3.63, 3.8) is 0 Å². The number of ether oxygens (including phenoxy) is 1. The van der Waals surface area contributed by atoms with Gasteiger partial charge >= 0.3 is 0 Å².